The van der Waals surface area contributed by atoms with Crippen molar-refractivity contribution < 1.29 is 14.4 Å². The number of urea groups is 1. The van der Waals surface area contributed by atoms with E-state index >= 15 is 0 Å². The van der Waals surface area contributed by atoms with Gasteiger partial charge in [0.25, 0.3) is 5.91 Å². The number of hydrogen-bond acceptors (Lipinski definition) is 9. The number of hydrogen-bond donors (Lipinski definition) is 1. The normalized spacial score (nSPS) is 23.6. The number of thioether (sulfide) groups is 1. The number of imide groups is 1. The summed E-state index contributed by atoms with van der Waals surface area (Å²) in [4.78, 5) is 57.5. The molecule has 2 unspecified atom stereocenters. The molecule has 11 nitrogen and oxygen atoms in total. The molecule has 2 atom stereocenters. The van der Waals surface area contributed by atoms with Crippen LogP contribution in [0.3, 0.4) is 0 Å². The Labute approximate surface area is 184 Å². The number of amides is 4. The molecule has 4 heterocycles. The van der Waals surface area contributed by atoms with Gasteiger partial charge in [-0.25, -0.2) is 19.8 Å². The number of nitrogens with one attached hydrogen (secondary N) is 1. The van der Waals surface area contributed by atoms with Gasteiger partial charge in [0.1, 0.15) is 0 Å². The van der Waals surface area contributed by atoms with Crippen molar-refractivity contribution in [2.24, 2.45) is 4.99 Å². The zero-order valence-electron chi connectivity index (χ0n) is 17.6. The highest BCUT2D eigenvalue weighted by Gasteiger charge is 2.49. The van der Waals surface area contributed by atoms with E-state index in [1.807, 2.05) is 16.7 Å². The SMILES string of the molecule is CCC(=O)N1CCN(C2=NC3C(C(=O)NC(=O)N3C)N2CCSc2ncccn2)CC1. The Balaban J connectivity index is 1.50. The van der Waals surface area contributed by atoms with Crippen LogP contribution in [0.4, 0.5) is 4.79 Å². The fourth-order valence-electron chi connectivity index (χ4n) is 3.99. The molecule has 3 aliphatic rings. The smallest absolute Gasteiger partial charge is 0.325 e. The molecule has 4 amide bonds. The minimum Gasteiger partial charge on any atom is -0.339 e. The average molecular weight is 447 g/mol. The van der Waals surface area contributed by atoms with E-state index in [4.69, 9.17) is 4.99 Å². The fraction of sp³-hybridized carbons (Fsp3) is 0.579. The molecule has 1 N–H and O–H groups in total. The molecule has 2 fully saturated rings. The van der Waals surface area contributed by atoms with E-state index in [1.165, 1.54) is 16.7 Å². The number of aliphatic imine (C=N–C) groups is 1. The van der Waals surface area contributed by atoms with Crippen molar-refractivity contribution in [1.29, 1.82) is 0 Å². The molecule has 2 saturated heterocycles. The predicted octanol–water partition coefficient (Wildman–Crippen LogP) is -0.329. The molecule has 0 radical (unpaired) electrons. The Hall–Kier alpha value is -2.89. The van der Waals surface area contributed by atoms with Gasteiger partial charge < -0.3 is 19.6 Å². The molecule has 0 aliphatic carbocycles. The van der Waals surface area contributed by atoms with Gasteiger partial charge in [-0.05, 0) is 6.07 Å². The lowest BCUT2D eigenvalue weighted by molar-refractivity contribution is -0.132. The molecular formula is C19H26N8O3S. The van der Waals surface area contributed by atoms with E-state index in [2.05, 4.69) is 20.2 Å². The van der Waals surface area contributed by atoms with Crippen molar-refractivity contribution in [1.82, 2.24) is 34.9 Å². The third-order valence-electron chi connectivity index (χ3n) is 5.66. The first kappa shape index (κ1) is 21.3. The van der Waals surface area contributed by atoms with Crippen LogP contribution in [0.15, 0.2) is 28.6 Å². The van der Waals surface area contributed by atoms with Crippen LogP contribution in [-0.4, -0.2) is 111 Å². The second-order valence-corrected chi connectivity index (χ2v) is 8.55. The largest absolute Gasteiger partial charge is 0.339 e. The van der Waals surface area contributed by atoms with Gasteiger partial charge in [-0.1, -0.05) is 18.7 Å². The van der Waals surface area contributed by atoms with E-state index in [1.54, 1.807) is 25.5 Å². The number of piperazine rings is 1. The predicted molar refractivity (Wildman–Crippen MR) is 114 cm³/mol. The van der Waals surface area contributed by atoms with Gasteiger partial charge in [0.05, 0.1) is 0 Å². The van der Waals surface area contributed by atoms with Crippen molar-refractivity contribution in [2.75, 3.05) is 45.5 Å². The van der Waals surface area contributed by atoms with E-state index in [0.29, 0.717) is 56.0 Å². The van der Waals surface area contributed by atoms with Gasteiger partial charge in [-0.3, -0.25) is 14.9 Å². The van der Waals surface area contributed by atoms with E-state index in [-0.39, 0.29) is 11.8 Å². The van der Waals surface area contributed by atoms with Crippen LogP contribution in [0, 0.1) is 0 Å². The van der Waals surface area contributed by atoms with E-state index in [0.717, 1.165) is 0 Å². The summed E-state index contributed by atoms with van der Waals surface area (Å²) >= 11 is 1.50. The van der Waals surface area contributed by atoms with Crippen LogP contribution in [0.25, 0.3) is 0 Å². The second kappa shape index (κ2) is 9.08. The maximum atomic E-state index is 12.7. The van der Waals surface area contributed by atoms with Gasteiger partial charge in [0, 0.05) is 64.3 Å². The molecule has 31 heavy (non-hydrogen) atoms. The molecule has 0 bridgehead atoms. The Morgan fingerprint density at radius 2 is 1.90 bits per heavy atom. The quantitative estimate of drug-likeness (QED) is 0.483. The number of aromatic nitrogens is 2. The molecule has 0 spiro atoms. The second-order valence-electron chi connectivity index (χ2n) is 7.49. The van der Waals surface area contributed by atoms with Gasteiger partial charge in [-0.15, -0.1) is 0 Å². The Kier molecular flexibility index (Phi) is 6.25. The van der Waals surface area contributed by atoms with Gasteiger partial charge in [-0.2, -0.15) is 0 Å². The van der Waals surface area contributed by atoms with Crippen molar-refractivity contribution in [3.63, 3.8) is 0 Å². The van der Waals surface area contributed by atoms with Gasteiger partial charge >= 0.3 is 6.03 Å². The number of carbonyl (C=O) groups is 3. The summed E-state index contributed by atoms with van der Waals surface area (Å²) in [7, 11) is 1.65. The molecule has 4 rings (SSSR count). The summed E-state index contributed by atoms with van der Waals surface area (Å²) in [6, 6.07) is 0.745. The van der Waals surface area contributed by atoms with Crippen molar-refractivity contribution in [3.05, 3.63) is 18.5 Å². The van der Waals surface area contributed by atoms with Crippen LogP contribution in [-0.2, 0) is 9.59 Å². The molecule has 166 valence electrons. The van der Waals surface area contributed by atoms with Gasteiger partial charge in [0.2, 0.25) is 5.91 Å². The minimum absolute atomic E-state index is 0.141. The van der Waals surface area contributed by atoms with Gasteiger partial charge in [0.15, 0.2) is 23.3 Å². The summed E-state index contributed by atoms with van der Waals surface area (Å²) in [6.45, 7) is 4.91. The molecular weight excluding hydrogens is 420 g/mol. The highest BCUT2D eigenvalue weighted by molar-refractivity contribution is 7.99. The van der Waals surface area contributed by atoms with Crippen LogP contribution in [0.2, 0.25) is 0 Å². The van der Waals surface area contributed by atoms with Crippen molar-refractivity contribution in [3.8, 4) is 0 Å². The first-order valence-electron chi connectivity index (χ1n) is 10.3. The lowest BCUT2D eigenvalue weighted by Gasteiger charge is -2.40. The number of nitrogens with zero attached hydrogens (tertiary/aromatic N) is 7. The number of guanidine groups is 1. The highest BCUT2D eigenvalue weighted by atomic mass is 32.2. The first-order chi connectivity index (χ1) is 15.0. The molecule has 1 aromatic rings. The van der Waals surface area contributed by atoms with Crippen LogP contribution < -0.4 is 5.32 Å². The van der Waals surface area contributed by atoms with E-state index < -0.39 is 18.2 Å². The summed E-state index contributed by atoms with van der Waals surface area (Å²) in [5.74, 6) is 1.16. The molecule has 1 aromatic heterocycles. The number of rotatable bonds is 5. The number of carbonyl (C=O) groups excluding carboxylic acids is 3. The topological polar surface area (TPSA) is 114 Å². The standard InChI is InChI=1S/C19H26N8O3S/c1-3-13(28)25-7-9-26(10-8-25)18-22-15-14(16(29)23-19(30)24(15)2)27(18)11-12-31-17-20-5-4-6-21-17/h4-6,14-15H,3,7-12H2,1-2H3,(H,23,29,30). The Morgan fingerprint density at radius 1 is 1.19 bits per heavy atom. The summed E-state index contributed by atoms with van der Waals surface area (Å²) in [5, 5.41) is 3.09. The Morgan fingerprint density at radius 3 is 2.58 bits per heavy atom. The van der Waals surface area contributed by atoms with Crippen molar-refractivity contribution >= 4 is 35.6 Å². The molecule has 3 aliphatic heterocycles. The molecule has 12 heteroatoms. The zero-order valence-corrected chi connectivity index (χ0v) is 18.4. The Bertz CT molecular complexity index is 874. The van der Waals surface area contributed by atoms with Crippen LogP contribution >= 0.6 is 11.8 Å². The molecule has 0 saturated carbocycles. The average Bonchev–Trinajstić information content (AvgIpc) is 3.18. The summed E-state index contributed by atoms with van der Waals surface area (Å²) in [6.07, 6.45) is 3.31. The van der Waals surface area contributed by atoms with E-state index in [9.17, 15) is 14.4 Å². The first-order valence-corrected chi connectivity index (χ1v) is 11.3. The monoisotopic (exact) mass is 446 g/mol. The lowest BCUT2D eigenvalue weighted by Crippen LogP contribution is -2.65. The lowest BCUT2D eigenvalue weighted by atomic mass is 10.1. The third-order valence-corrected chi connectivity index (χ3v) is 6.52. The fourth-order valence-corrected chi connectivity index (χ4v) is 4.73. The highest BCUT2D eigenvalue weighted by Crippen LogP contribution is 2.27. The minimum atomic E-state index is -0.578. The van der Waals surface area contributed by atoms with Crippen molar-refractivity contribution in [2.45, 2.75) is 30.7 Å². The summed E-state index contributed by atoms with van der Waals surface area (Å²) < 4.78 is 0. The van der Waals surface area contributed by atoms with Crippen LogP contribution in [0.1, 0.15) is 13.3 Å². The number of fused-ring (bicyclic) bond motifs is 1. The third kappa shape index (κ3) is 4.29. The molecule has 0 aromatic carbocycles. The number of likely N-dealkylation sites (N-methyl/N-ethyl adjacent to an activating group) is 1. The maximum Gasteiger partial charge on any atom is 0.325 e. The maximum absolute atomic E-state index is 12.7. The zero-order chi connectivity index (χ0) is 22.0. The summed E-state index contributed by atoms with van der Waals surface area (Å²) in [5.41, 5.74) is 0. The van der Waals surface area contributed by atoms with Crippen LogP contribution in [0.5, 0.6) is 0 Å².